The molecule has 7 heteroatoms. The second-order valence-electron chi connectivity index (χ2n) is 3.93. The molecule has 2 rings (SSSR count). The third kappa shape index (κ3) is 4.19. The molecule has 0 atom stereocenters. The molecule has 0 saturated heterocycles. The third-order valence-corrected chi connectivity index (χ3v) is 3.27. The van der Waals surface area contributed by atoms with Gasteiger partial charge in [-0.2, -0.15) is 0 Å². The maximum absolute atomic E-state index is 5.87. The highest BCUT2D eigenvalue weighted by Gasteiger charge is 2.03. The number of benzene rings is 1. The second kappa shape index (κ2) is 6.88. The highest BCUT2D eigenvalue weighted by molar-refractivity contribution is 9.10. The van der Waals surface area contributed by atoms with Crippen LogP contribution in [-0.4, -0.2) is 28.6 Å². The lowest BCUT2D eigenvalue weighted by atomic mass is 10.3. The van der Waals surface area contributed by atoms with Gasteiger partial charge in [-0.1, -0.05) is 16.8 Å². The molecule has 1 heterocycles. The summed E-state index contributed by atoms with van der Waals surface area (Å²) in [6.45, 7) is 1.87. The van der Waals surface area contributed by atoms with Crippen molar-refractivity contribution in [2.75, 3.05) is 13.7 Å². The van der Waals surface area contributed by atoms with E-state index >= 15 is 0 Å². The molecular formula is C12H14BrClN4O. The Morgan fingerprint density at radius 3 is 3.05 bits per heavy atom. The van der Waals surface area contributed by atoms with Crippen LogP contribution in [0.15, 0.2) is 28.9 Å². The van der Waals surface area contributed by atoms with E-state index in [1.165, 1.54) is 0 Å². The molecule has 0 radical (unpaired) electrons. The van der Waals surface area contributed by atoms with E-state index in [0.717, 1.165) is 15.9 Å². The number of nitrogens with zero attached hydrogens (tertiary/aromatic N) is 3. The maximum Gasteiger partial charge on any atom is 0.133 e. The Hall–Kier alpha value is -1.11. The second-order valence-corrected chi connectivity index (χ2v) is 5.22. The molecule has 102 valence electrons. The lowest BCUT2D eigenvalue weighted by Crippen LogP contribution is -2.09. The molecule has 0 aliphatic carbocycles. The summed E-state index contributed by atoms with van der Waals surface area (Å²) in [7, 11) is 1.88. The molecule has 0 saturated carbocycles. The summed E-state index contributed by atoms with van der Waals surface area (Å²) in [6, 6.07) is 5.43. The predicted octanol–water partition coefficient (Wildman–Crippen LogP) is 2.49. The van der Waals surface area contributed by atoms with Gasteiger partial charge in [-0.15, -0.1) is 5.10 Å². The maximum atomic E-state index is 5.87. The van der Waals surface area contributed by atoms with E-state index in [0.29, 0.717) is 24.7 Å². The normalized spacial score (nSPS) is 10.7. The number of ether oxygens (including phenoxy) is 1. The van der Waals surface area contributed by atoms with Crippen molar-refractivity contribution >= 4 is 27.5 Å². The zero-order valence-corrected chi connectivity index (χ0v) is 12.8. The van der Waals surface area contributed by atoms with Crippen molar-refractivity contribution in [2.24, 2.45) is 0 Å². The Labute approximate surface area is 125 Å². The highest BCUT2D eigenvalue weighted by atomic mass is 79.9. The Bertz CT molecular complexity index is 546. The van der Waals surface area contributed by atoms with Gasteiger partial charge in [0.15, 0.2) is 0 Å². The molecule has 5 nitrogen and oxygen atoms in total. The van der Waals surface area contributed by atoms with Gasteiger partial charge in [0.05, 0.1) is 16.7 Å². The van der Waals surface area contributed by atoms with Crippen LogP contribution in [0.5, 0.6) is 5.75 Å². The Morgan fingerprint density at radius 2 is 2.32 bits per heavy atom. The molecular weight excluding hydrogens is 332 g/mol. The Morgan fingerprint density at radius 1 is 1.47 bits per heavy atom. The minimum absolute atomic E-state index is 0.516. The average Bonchev–Trinajstić information content (AvgIpc) is 2.80. The molecule has 0 bridgehead atoms. The van der Waals surface area contributed by atoms with Crippen LogP contribution in [0.3, 0.4) is 0 Å². The first kappa shape index (κ1) is 14.3. The van der Waals surface area contributed by atoms with Gasteiger partial charge in [0, 0.05) is 17.8 Å². The molecule has 0 spiro atoms. The molecule has 0 amide bonds. The van der Waals surface area contributed by atoms with Crippen LogP contribution < -0.4 is 10.1 Å². The molecule has 2 aromatic rings. The number of aromatic nitrogens is 3. The molecule has 1 aromatic carbocycles. The van der Waals surface area contributed by atoms with Gasteiger partial charge in [-0.3, -0.25) is 0 Å². The molecule has 1 aromatic heterocycles. The van der Waals surface area contributed by atoms with Gasteiger partial charge >= 0.3 is 0 Å². The fourth-order valence-corrected chi connectivity index (χ4v) is 2.35. The standard InChI is InChI=1S/C12H14BrClN4O/c1-15-7-10-8-18(17-16-10)4-5-19-12-3-2-9(14)6-11(12)13/h2-3,6,8,15H,4-5,7H2,1H3. The first-order valence-electron chi connectivity index (χ1n) is 5.80. The Kier molecular flexibility index (Phi) is 5.18. The molecule has 19 heavy (non-hydrogen) atoms. The number of halogens is 2. The summed E-state index contributed by atoms with van der Waals surface area (Å²) in [5.74, 6) is 0.764. The molecule has 0 unspecified atom stereocenters. The lowest BCUT2D eigenvalue weighted by molar-refractivity contribution is 0.288. The van der Waals surface area contributed by atoms with Gasteiger partial charge in [-0.25, -0.2) is 4.68 Å². The van der Waals surface area contributed by atoms with Crippen LogP contribution >= 0.6 is 27.5 Å². The fourth-order valence-electron chi connectivity index (χ4n) is 1.55. The van der Waals surface area contributed by atoms with Gasteiger partial charge in [-0.05, 0) is 41.2 Å². The van der Waals surface area contributed by atoms with Crippen LogP contribution in [-0.2, 0) is 13.1 Å². The van der Waals surface area contributed by atoms with Crippen molar-refractivity contribution in [1.82, 2.24) is 20.3 Å². The van der Waals surface area contributed by atoms with Crippen LogP contribution in [0.25, 0.3) is 0 Å². The first-order valence-corrected chi connectivity index (χ1v) is 6.97. The summed E-state index contributed by atoms with van der Waals surface area (Å²) < 4.78 is 8.26. The van der Waals surface area contributed by atoms with Gasteiger partial charge < -0.3 is 10.1 Å². The SMILES string of the molecule is CNCc1cn(CCOc2ccc(Cl)cc2Br)nn1. The monoisotopic (exact) mass is 344 g/mol. The number of hydrogen-bond acceptors (Lipinski definition) is 4. The molecule has 0 aliphatic heterocycles. The van der Waals surface area contributed by atoms with E-state index in [1.807, 2.05) is 19.3 Å². The molecule has 0 fully saturated rings. The van der Waals surface area contributed by atoms with E-state index in [2.05, 4.69) is 31.6 Å². The van der Waals surface area contributed by atoms with Crippen molar-refractivity contribution < 1.29 is 4.74 Å². The zero-order valence-electron chi connectivity index (χ0n) is 10.4. The van der Waals surface area contributed by atoms with E-state index in [-0.39, 0.29) is 0 Å². The van der Waals surface area contributed by atoms with E-state index in [1.54, 1.807) is 16.8 Å². The van der Waals surface area contributed by atoms with Crippen molar-refractivity contribution in [1.29, 1.82) is 0 Å². The van der Waals surface area contributed by atoms with Crippen LogP contribution in [0, 0.1) is 0 Å². The van der Waals surface area contributed by atoms with Gasteiger partial charge in [0.1, 0.15) is 12.4 Å². The quantitative estimate of drug-likeness (QED) is 0.874. The third-order valence-electron chi connectivity index (χ3n) is 2.42. The lowest BCUT2D eigenvalue weighted by Gasteiger charge is -2.08. The molecule has 1 N–H and O–H groups in total. The van der Waals surface area contributed by atoms with Gasteiger partial charge in [0.2, 0.25) is 0 Å². The van der Waals surface area contributed by atoms with Crippen molar-refractivity contribution in [3.63, 3.8) is 0 Å². The van der Waals surface area contributed by atoms with Gasteiger partial charge in [0.25, 0.3) is 0 Å². The number of hydrogen-bond donors (Lipinski definition) is 1. The summed E-state index contributed by atoms with van der Waals surface area (Å²) in [5, 5.41) is 11.7. The van der Waals surface area contributed by atoms with E-state index < -0.39 is 0 Å². The average molecular weight is 346 g/mol. The fraction of sp³-hybridized carbons (Fsp3) is 0.333. The molecule has 0 aliphatic rings. The summed E-state index contributed by atoms with van der Waals surface area (Å²) in [5.41, 5.74) is 0.912. The Balaban J connectivity index is 1.85. The number of rotatable bonds is 6. The van der Waals surface area contributed by atoms with Crippen LogP contribution in [0.1, 0.15) is 5.69 Å². The van der Waals surface area contributed by atoms with Crippen molar-refractivity contribution in [3.05, 3.63) is 39.6 Å². The van der Waals surface area contributed by atoms with Crippen LogP contribution in [0.4, 0.5) is 0 Å². The van der Waals surface area contributed by atoms with E-state index in [9.17, 15) is 0 Å². The van der Waals surface area contributed by atoms with Crippen molar-refractivity contribution in [2.45, 2.75) is 13.1 Å². The minimum atomic E-state index is 0.516. The highest BCUT2D eigenvalue weighted by Crippen LogP contribution is 2.27. The largest absolute Gasteiger partial charge is 0.490 e. The first-order chi connectivity index (χ1) is 9.19. The zero-order chi connectivity index (χ0) is 13.7. The van der Waals surface area contributed by atoms with Crippen LogP contribution in [0.2, 0.25) is 5.02 Å². The summed E-state index contributed by atoms with van der Waals surface area (Å²) in [6.07, 6.45) is 1.90. The number of nitrogens with one attached hydrogen (secondary N) is 1. The van der Waals surface area contributed by atoms with Crippen molar-refractivity contribution in [3.8, 4) is 5.75 Å². The topological polar surface area (TPSA) is 52.0 Å². The van der Waals surface area contributed by atoms with E-state index in [4.69, 9.17) is 16.3 Å². The summed E-state index contributed by atoms with van der Waals surface area (Å²) in [4.78, 5) is 0. The summed E-state index contributed by atoms with van der Waals surface area (Å²) >= 11 is 9.27. The predicted molar refractivity (Wildman–Crippen MR) is 77.4 cm³/mol. The minimum Gasteiger partial charge on any atom is -0.490 e. The smallest absolute Gasteiger partial charge is 0.133 e.